The van der Waals surface area contributed by atoms with Crippen molar-refractivity contribution in [2.24, 2.45) is 10.2 Å². The molecule has 0 aliphatic carbocycles. The highest BCUT2D eigenvalue weighted by Gasteiger charge is 1.89. The largest absolute Gasteiger partial charge is 0.483 e. The van der Waals surface area contributed by atoms with Crippen LogP contribution in [0.5, 0.6) is 0 Å². The molecule has 0 aliphatic heterocycles. The number of allylic oxidation sites excluding steroid dienone is 2. The van der Waals surface area contributed by atoms with Crippen molar-refractivity contribution in [3.8, 4) is 0 Å². The number of ether oxygens (including phenoxy) is 1. The summed E-state index contributed by atoms with van der Waals surface area (Å²) in [5.74, 6) is 0.568. The van der Waals surface area contributed by atoms with Gasteiger partial charge in [0.15, 0.2) is 0 Å². The number of nitrogens with zero attached hydrogens (tertiary/aromatic N) is 2. The quantitative estimate of drug-likeness (QED) is 0.375. The molecule has 0 saturated carbocycles. The number of rotatable bonds is 3. The third kappa shape index (κ3) is 5.17. The predicted molar refractivity (Wildman–Crippen MR) is 57.3 cm³/mol. The van der Waals surface area contributed by atoms with E-state index in [1.165, 1.54) is 5.57 Å². The first kappa shape index (κ1) is 11.9. The topological polar surface area (TPSA) is 34.0 Å². The maximum absolute atomic E-state index is 4.84. The Balaban J connectivity index is 4.29. The second-order valence-corrected chi connectivity index (χ2v) is 2.88. The van der Waals surface area contributed by atoms with Crippen molar-refractivity contribution >= 4 is 12.1 Å². The molecule has 0 unspecified atom stereocenters. The minimum Gasteiger partial charge on any atom is -0.483 e. The summed E-state index contributed by atoms with van der Waals surface area (Å²) < 4.78 is 4.84. The Labute approximate surface area is 80.2 Å². The zero-order chi connectivity index (χ0) is 10.3. The fraction of sp³-hybridized carbons (Fsp3) is 0.600. The van der Waals surface area contributed by atoms with Gasteiger partial charge in [-0.05, 0) is 25.8 Å². The van der Waals surface area contributed by atoms with Crippen LogP contribution in [0, 0.1) is 0 Å². The van der Waals surface area contributed by atoms with E-state index in [1.807, 2.05) is 6.92 Å². The van der Waals surface area contributed by atoms with Gasteiger partial charge in [-0.15, -0.1) is 5.10 Å². The predicted octanol–water partition coefficient (Wildman–Crippen LogP) is 2.78. The summed E-state index contributed by atoms with van der Waals surface area (Å²) in [5, 5.41) is 7.72. The van der Waals surface area contributed by atoms with Gasteiger partial charge in [-0.2, -0.15) is 5.10 Å². The van der Waals surface area contributed by atoms with Crippen molar-refractivity contribution in [2.45, 2.75) is 34.1 Å². The van der Waals surface area contributed by atoms with Crippen LogP contribution in [0.4, 0.5) is 0 Å². The molecule has 0 fully saturated rings. The average Bonchev–Trinajstić information content (AvgIpc) is 2.15. The van der Waals surface area contributed by atoms with E-state index in [4.69, 9.17) is 4.74 Å². The maximum Gasteiger partial charge on any atom is 0.205 e. The number of hydrogen-bond acceptors (Lipinski definition) is 3. The Morgan fingerprint density at radius 3 is 2.38 bits per heavy atom. The minimum atomic E-state index is 0.568. The summed E-state index contributed by atoms with van der Waals surface area (Å²) in [6.45, 7) is 8.01. The number of methoxy groups -OCH3 is 1. The molecule has 0 radical (unpaired) electrons. The van der Waals surface area contributed by atoms with Crippen LogP contribution in [-0.4, -0.2) is 19.2 Å². The normalized spacial score (nSPS) is 14.7. The van der Waals surface area contributed by atoms with Crippen molar-refractivity contribution in [3.05, 3.63) is 11.1 Å². The first-order valence-electron chi connectivity index (χ1n) is 4.39. The first-order chi connectivity index (χ1) is 6.11. The highest BCUT2D eigenvalue weighted by atomic mass is 16.5. The van der Waals surface area contributed by atoms with Crippen molar-refractivity contribution < 1.29 is 4.74 Å². The molecule has 0 heterocycles. The molecular weight excluding hydrogens is 164 g/mol. The molecule has 0 amide bonds. The van der Waals surface area contributed by atoms with Gasteiger partial charge in [-0.1, -0.05) is 12.5 Å². The smallest absolute Gasteiger partial charge is 0.205 e. The molecule has 0 aromatic rings. The monoisotopic (exact) mass is 182 g/mol. The van der Waals surface area contributed by atoms with Crippen molar-refractivity contribution in [2.75, 3.05) is 7.11 Å². The van der Waals surface area contributed by atoms with E-state index in [9.17, 15) is 0 Å². The maximum atomic E-state index is 4.84. The fourth-order valence-corrected chi connectivity index (χ4v) is 0.627. The highest BCUT2D eigenvalue weighted by Crippen LogP contribution is 2.04. The van der Waals surface area contributed by atoms with Gasteiger partial charge in [0.1, 0.15) is 0 Å². The van der Waals surface area contributed by atoms with Gasteiger partial charge in [0.2, 0.25) is 5.90 Å². The zero-order valence-corrected chi connectivity index (χ0v) is 9.09. The van der Waals surface area contributed by atoms with Crippen LogP contribution in [0.1, 0.15) is 34.1 Å². The van der Waals surface area contributed by atoms with Crippen molar-refractivity contribution in [3.63, 3.8) is 0 Å². The fourth-order valence-electron chi connectivity index (χ4n) is 0.627. The van der Waals surface area contributed by atoms with E-state index >= 15 is 0 Å². The van der Waals surface area contributed by atoms with Gasteiger partial charge < -0.3 is 4.74 Å². The van der Waals surface area contributed by atoms with E-state index < -0.39 is 0 Å². The van der Waals surface area contributed by atoms with Gasteiger partial charge in [-0.25, -0.2) is 0 Å². The Morgan fingerprint density at radius 2 is 1.92 bits per heavy atom. The number of hydrogen-bond donors (Lipinski definition) is 0. The summed E-state index contributed by atoms with van der Waals surface area (Å²) >= 11 is 0. The summed E-state index contributed by atoms with van der Waals surface area (Å²) in [6, 6.07) is 0. The van der Waals surface area contributed by atoms with Gasteiger partial charge in [0.05, 0.1) is 13.3 Å². The molecule has 3 heteroatoms. The van der Waals surface area contributed by atoms with Crippen LogP contribution >= 0.6 is 0 Å². The molecule has 0 aliphatic rings. The lowest BCUT2D eigenvalue weighted by Crippen LogP contribution is -1.92. The van der Waals surface area contributed by atoms with Crippen LogP contribution in [0.15, 0.2) is 21.3 Å². The lowest BCUT2D eigenvalue weighted by Gasteiger charge is -1.97. The molecule has 0 rings (SSSR count). The van der Waals surface area contributed by atoms with E-state index in [0.29, 0.717) is 5.90 Å². The van der Waals surface area contributed by atoms with Gasteiger partial charge >= 0.3 is 0 Å². The highest BCUT2D eigenvalue weighted by molar-refractivity contribution is 5.80. The SMILES string of the molecule is CC/C(C)=C(C)/C=N\N=C(/C)OC. The third-order valence-electron chi connectivity index (χ3n) is 1.95. The van der Waals surface area contributed by atoms with Crippen LogP contribution in [0.3, 0.4) is 0 Å². The van der Waals surface area contributed by atoms with Crippen molar-refractivity contribution in [1.82, 2.24) is 0 Å². The zero-order valence-electron chi connectivity index (χ0n) is 9.09. The van der Waals surface area contributed by atoms with Crippen LogP contribution in [0.25, 0.3) is 0 Å². The molecule has 3 nitrogen and oxygen atoms in total. The molecule has 74 valence electrons. The Morgan fingerprint density at radius 1 is 1.31 bits per heavy atom. The standard InChI is InChI=1S/C10H18N2O/c1-6-8(2)9(3)7-11-12-10(4)13-5/h7H,6H2,1-5H3/b9-8+,11-7-,12-10+. The Hall–Kier alpha value is -1.12. The molecule has 0 N–H and O–H groups in total. The third-order valence-corrected chi connectivity index (χ3v) is 1.95. The van der Waals surface area contributed by atoms with E-state index in [-0.39, 0.29) is 0 Å². The lowest BCUT2D eigenvalue weighted by atomic mass is 10.1. The molecular formula is C10H18N2O. The molecule has 0 aromatic heterocycles. The van der Waals surface area contributed by atoms with Gasteiger partial charge in [-0.3, -0.25) is 0 Å². The van der Waals surface area contributed by atoms with Crippen LogP contribution in [0.2, 0.25) is 0 Å². The van der Waals surface area contributed by atoms with Crippen LogP contribution in [-0.2, 0) is 4.74 Å². The molecule has 0 saturated heterocycles. The van der Waals surface area contributed by atoms with E-state index in [2.05, 4.69) is 24.1 Å². The van der Waals surface area contributed by atoms with Gasteiger partial charge in [0.25, 0.3) is 0 Å². The Kier molecular flexibility index (Phi) is 5.85. The van der Waals surface area contributed by atoms with E-state index in [1.54, 1.807) is 20.2 Å². The second-order valence-electron chi connectivity index (χ2n) is 2.88. The summed E-state index contributed by atoms with van der Waals surface area (Å²) in [4.78, 5) is 0. The summed E-state index contributed by atoms with van der Waals surface area (Å²) in [6.07, 6.45) is 2.80. The Bertz CT molecular complexity index is 239. The molecule has 0 aromatic carbocycles. The first-order valence-corrected chi connectivity index (χ1v) is 4.39. The second kappa shape index (κ2) is 6.40. The average molecular weight is 182 g/mol. The molecule has 13 heavy (non-hydrogen) atoms. The molecule has 0 atom stereocenters. The lowest BCUT2D eigenvalue weighted by molar-refractivity contribution is 0.398. The molecule has 0 bridgehead atoms. The molecule has 0 spiro atoms. The summed E-state index contributed by atoms with van der Waals surface area (Å²) in [5.41, 5.74) is 2.49. The summed E-state index contributed by atoms with van der Waals surface area (Å²) in [7, 11) is 1.58. The van der Waals surface area contributed by atoms with E-state index in [0.717, 1.165) is 12.0 Å². The minimum absolute atomic E-state index is 0.568. The van der Waals surface area contributed by atoms with Gasteiger partial charge in [0, 0.05) is 6.92 Å². The van der Waals surface area contributed by atoms with Crippen LogP contribution < -0.4 is 0 Å². The van der Waals surface area contributed by atoms with Crippen molar-refractivity contribution in [1.29, 1.82) is 0 Å².